The van der Waals surface area contributed by atoms with Crippen LogP contribution in [-0.4, -0.2) is 10.2 Å². The molecule has 0 spiro atoms. The van der Waals surface area contributed by atoms with E-state index in [0.717, 1.165) is 9.26 Å². The number of anilines is 2. The second-order valence-electron chi connectivity index (χ2n) is 3.37. The Morgan fingerprint density at radius 1 is 1.44 bits per heavy atom. The summed E-state index contributed by atoms with van der Waals surface area (Å²) in [4.78, 5) is 0. The van der Waals surface area contributed by atoms with Crippen LogP contribution in [0.25, 0.3) is 0 Å². The second-order valence-corrected chi connectivity index (χ2v) is 4.62. The van der Waals surface area contributed by atoms with E-state index in [2.05, 4.69) is 38.1 Å². The van der Waals surface area contributed by atoms with Gasteiger partial charge in [-0.05, 0) is 47.7 Å². The van der Waals surface area contributed by atoms with Gasteiger partial charge in [-0.1, -0.05) is 11.2 Å². The predicted octanol–water partition coefficient (Wildman–Crippen LogP) is 2.44. The molecule has 1 aromatic carbocycles. The Kier molecular flexibility index (Phi) is 3.39. The average molecular weight is 330 g/mol. The van der Waals surface area contributed by atoms with Gasteiger partial charge in [-0.25, -0.2) is 0 Å². The van der Waals surface area contributed by atoms with Crippen LogP contribution in [0.4, 0.5) is 11.7 Å². The number of aromatic nitrogens is 2. The van der Waals surface area contributed by atoms with Crippen molar-refractivity contribution in [2.75, 3.05) is 5.32 Å². The van der Waals surface area contributed by atoms with Gasteiger partial charge < -0.3 is 15.5 Å². The summed E-state index contributed by atoms with van der Waals surface area (Å²) < 4.78 is 6.46. The van der Waals surface area contributed by atoms with Gasteiger partial charge in [0.15, 0.2) is 0 Å². The Balaban J connectivity index is 2.14. The zero-order valence-electron chi connectivity index (χ0n) is 8.64. The summed E-state index contributed by atoms with van der Waals surface area (Å²) in [6.45, 7) is 1.79. The van der Waals surface area contributed by atoms with Crippen molar-refractivity contribution in [3.05, 3.63) is 33.7 Å². The first-order valence-corrected chi connectivity index (χ1v) is 5.84. The quantitative estimate of drug-likeness (QED) is 0.846. The highest BCUT2D eigenvalue weighted by Gasteiger charge is 2.09. The van der Waals surface area contributed by atoms with E-state index in [-0.39, 0.29) is 6.04 Å². The molecule has 1 atom stereocenters. The van der Waals surface area contributed by atoms with Crippen molar-refractivity contribution < 1.29 is 4.42 Å². The molecule has 5 nitrogen and oxygen atoms in total. The molecule has 1 aromatic heterocycles. The smallest absolute Gasteiger partial charge is 0.320 e. The van der Waals surface area contributed by atoms with Gasteiger partial charge in [0.1, 0.15) is 0 Å². The van der Waals surface area contributed by atoms with Gasteiger partial charge in [-0.15, -0.1) is 5.10 Å². The highest BCUT2D eigenvalue weighted by Crippen LogP contribution is 2.18. The van der Waals surface area contributed by atoms with E-state index in [9.17, 15) is 0 Å². The first-order chi connectivity index (χ1) is 7.65. The number of nitrogens with one attached hydrogen (secondary N) is 1. The fourth-order valence-corrected chi connectivity index (χ4v) is 1.70. The highest BCUT2D eigenvalue weighted by molar-refractivity contribution is 14.1. The van der Waals surface area contributed by atoms with Gasteiger partial charge in [0, 0.05) is 9.26 Å². The van der Waals surface area contributed by atoms with Gasteiger partial charge in [-0.2, -0.15) is 0 Å². The van der Waals surface area contributed by atoms with Crippen molar-refractivity contribution in [3.8, 4) is 0 Å². The summed E-state index contributed by atoms with van der Waals surface area (Å²) in [5.74, 6) is 0.424. The molecule has 0 aliphatic carbocycles. The fraction of sp³-hybridized carbons (Fsp3) is 0.200. The Labute approximate surface area is 107 Å². The lowest BCUT2D eigenvalue weighted by Gasteiger charge is -2.01. The molecule has 0 aliphatic heterocycles. The lowest BCUT2D eigenvalue weighted by atomic mass is 10.3. The zero-order chi connectivity index (χ0) is 11.5. The van der Waals surface area contributed by atoms with Crippen LogP contribution in [0.1, 0.15) is 18.9 Å². The number of nitrogens with two attached hydrogens (primary N) is 1. The van der Waals surface area contributed by atoms with Gasteiger partial charge in [0.05, 0.1) is 6.04 Å². The molecule has 2 rings (SSSR count). The maximum atomic E-state index is 5.62. The van der Waals surface area contributed by atoms with Gasteiger partial charge in [0.25, 0.3) is 0 Å². The van der Waals surface area contributed by atoms with Crippen LogP contribution in [0.3, 0.4) is 0 Å². The third kappa shape index (κ3) is 2.70. The van der Waals surface area contributed by atoms with Crippen molar-refractivity contribution in [1.29, 1.82) is 0 Å². The van der Waals surface area contributed by atoms with Crippen molar-refractivity contribution >= 4 is 34.3 Å². The zero-order valence-corrected chi connectivity index (χ0v) is 10.8. The largest absolute Gasteiger partial charge is 0.406 e. The lowest BCUT2D eigenvalue weighted by Crippen LogP contribution is -2.04. The van der Waals surface area contributed by atoms with Crippen molar-refractivity contribution in [1.82, 2.24) is 10.2 Å². The monoisotopic (exact) mass is 330 g/mol. The van der Waals surface area contributed by atoms with E-state index >= 15 is 0 Å². The molecule has 2 aromatic rings. The number of halogens is 1. The molecular weight excluding hydrogens is 319 g/mol. The Bertz CT molecular complexity index is 483. The van der Waals surface area contributed by atoms with Gasteiger partial charge >= 0.3 is 6.01 Å². The molecule has 0 amide bonds. The molecule has 0 radical (unpaired) electrons. The third-order valence-corrected chi connectivity index (χ3v) is 2.58. The van der Waals surface area contributed by atoms with E-state index in [4.69, 9.17) is 10.2 Å². The van der Waals surface area contributed by atoms with Crippen LogP contribution >= 0.6 is 22.6 Å². The average Bonchev–Trinajstić information content (AvgIpc) is 2.66. The molecule has 1 unspecified atom stereocenters. The molecule has 0 bridgehead atoms. The maximum absolute atomic E-state index is 5.62. The van der Waals surface area contributed by atoms with Crippen LogP contribution in [-0.2, 0) is 0 Å². The minimum absolute atomic E-state index is 0.251. The third-order valence-electron chi connectivity index (χ3n) is 1.91. The summed E-state index contributed by atoms with van der Waals surface area (Å²) in [6.07, 6.45) is 0. The van der Waals surface area contributed by atoms with Crippen LogP contribution in [0.2, 0.25) is 0 Å². The molecule has 84 valence electrons. The number of benzene rings is 1. The minimum atomic E-state index is -0.251. The van der Waals surface area contributed by atoms with E-state index in [1.54, 1.807) is 6.92 Å². The molecule has 0 fully saturated rings. The minimum Gasteiger partial charge on any atom is -0.406 e. The molecule has 6 heteroatoms. The molecule has 3 N–H and O–H groups in total. The Hall–Kier alpha value is -1.15. The Morgan fingerprint density at radius 2 is 2.25 bits per heavy atom. The summed E-state index contributed by atoms with van der Waals surface area (Å²) in [7, 11) is 0. The van der Waals surface area contributed by atoms with Crippen LogP contribution in [0.15, 0.2) is 28.7 Å². The number of hydrogen-bond acceptors (Lipinski definition) is 5. The van der Waals surface area contributed by atoms with Crippen LogP contribution < -0.4 is 11.1 Å². The number of rotatable bonds is 3. The van der Waals surface area contributed by atoms with E-state index in [1.807, 2.05) is 24.3 Å². The number of hydrogen-bond donors (Lipinski definition) is 2. The lowest BCUT2D eigenvalue weighted by molar-refractivity contribution is 0.475. The first-order valence-electron chi connectivity index (χ1n) is 4.77. The van der Waals surface area contributed by atoms with Gasteiger partial charge in [0.2, 0.25) is 5.89 Å². The number of nitrogens with zero attached hydrogens (tertiary/aromatic N) is 2. The fourth-order valence-electron chi connectivity index (χ4n) is 1.16. The standard InChI is InChI=1S/C10H11IN4O/c1-6(12)9-14-15-10(16-9)13-8-4-2-3-7(11)5-8/h2-6H,12H2,1H3,(H,13,15). The van der Waals surface area contributed by atoms with E-state index in [1.165, 1.54) is 0 Å². The Morgan fingerprint density at radius 3 is 2.88 bits per heavy atom. The van der Waals surface area contributed by atoms with E-state index in [0.29, 0.717) is 11.9 Å². The molecule has 0 saturated heterocycles. The summed E-state index contributed by atoms with van der Waals surface area (Å²) in [5.41, 5.74) is 6.53. The maximum Gasteiger partial charge on any atom is 0.320 e. The summed E-state index contributed by atoms with van der Waals surface area (Å²) >= 11 is 2.24. The topological polar surface area (TPSA) is 77.0 Å². The van der Waals surface area contributed by atoms with Crippen molar-refractivity contribution in [2.45, 2.75) is 13.0 Å². The first kappa shape index (κ1) is 11.3. The predicted molar refractivity (Wildman–Crippen MR) is 69.3 cm³/mol. The van der Waals surface area contributed by atoms with Crippen molar-refractivity contribution in [2.24, 2.45) is 5.73 Å². The second kappa shape index (κ2) is 4.79. The molecule has 0 saturated carbocycles. The molecule has 16 heavy (non-hydrogen) atoms. The normalized spacial score (nSPS) is 12.4. The van der Waals surface area contributed by atoms with Gasteiger partial charge in [-0.3, -0.25) is 0 Å². The summed E-state index contributed by atoms with van der Waals surface area (Å²) in [6, 6.07) is 7.97. The molecule has 0 aliphatic rings. The van der Waals surface area contributed by atoms with Crippen molar-refractivity contribution in [3.63, 3.8) is 0 Å². The summed E-state index contributed by atoms with van der Waals surface area (Å²) in [5, 5.41) is 10.7. The highest BCUT2D eigenvalue weighted by atomic mass is 127. The SMILES string of the molecule is CC(N)c1nnc(Nc2cccc(I)c2)o1. The van der Waals surface area contributed by atoms with Crippen LogP contribution in [0, 0.1) is 3.57 Å². The van der Waals surface area contributed by atoms with E-state index < -0.39 is 0 Å². The molecular formula is C10H11IN4O. The molecule has 1 heterocycles. The van der Waals surface area contributed by atoms with Crippen LogP contribution in [0.5, 0.6) is 0 Å².